The second-order valence-corrected chi connectivity index (χ2v) is 5.55. The molecule has 20 heavy (non-hydrogen) atoms. The van der Waals surface area contributed by atoms with E-state index in [0.29, 0.717) is 22.1 Å². The smallest absolute Gasteiger partial charge is 0.304 e. The second kappa shape index (κ2) is 6.33. The molecular weight excluding hydrogens is 282 g/mol. The Labute approximate surface area is 123 Å². The molecule has 0 heterocycles. The third-order valence-corrected chi connectivity index (χ3v) is 3.56. The molecule has 0 saturated heterocycles. The molecule has 0 aliphatic heterocycles. The van der Waals surface area contributed by atoms with E-state index in [-0.39, 0.29) is 6.42 Å². The maximum atomic E-state index is 11.1. The van der Waals surface area contributed by atoms with Crippen LogP contribution in [0, 0.1) is 0 Å². The summed E-state index contributed by atoms with van der Waals surface area (Å²) in [4.78, 5) is 11.1. The highest BCUT2D eigenvalue weighted by Crippen LogP contribution is 2.43. The number of carboxylic acid groups (broad SMARTS) is 1. The lowest BCUT2D eigenvalue weighted by Crippen LogP contribution is -2.40. The normalized spacial score (nSPS) is 12.9. The molecule has 0 aliphatic rings. The van der Waals surface area contributed by atoms with Gasteiger partial charge < -0.3 is 20.3 Å². The van der Waals surface area contributed by atoms with E-state index in [1.807, 2.05) is 0 Å². The molecule has 0 radical (unpaired) electrons. The van der Waals surface area contributed by atoms with E-state index >= 15 is 0 Å². The van der Waals surface area contributed by atoms with Crippen LogP contribution in [0.3, 0.4) is 0 Å². The van der Waals surface area contributed by atoms with Gasteiger partial charge in [-0.15, -0.1) is 0 Å². The molecule has 0 aliphatic carbocycles. The number of rotatable bonds is 6. The minimum absolute atomic E-state index is 0.112. The standard InChI is InChI=1S/C14H20ClNO4/c1-14(2,16)9(7-11(17)18)8-5-6-10(19-3)13(20-4)12(8)15/h5-6,9H,7,16H2,1-4H3,(H,17,18). The van der Waals surface area contributed by atoms with Gasteiger partial charge in [0.25, 0.3) is 0 Å². The molecule has 1 rings (SSSR count). The third-order valence-electron chi connectivity index (χ3n) is 3.17. The Morgan fingerprint density at radius 2 is 2.00 bits per heavy atom. The number of methoxy groups -OCH3 is 2. The van der Waals surface area contributed by atoms with Crippen LogP contribution in [0.4, 0.5) is 0 Å². The summed E-state index contributed by atoms with van der Waals surface area (Å²) in [5, 5.41) is 9.40. The van der Waals surface area contributed by atoms with Crippen molar-refractivity contribution in [1.29, 1.82) is 0 Å². The average Bonchev–Trinajstić information content (AvgIpc) is 2.34. The Morgan fingerprint density at radius 3 is 2.40 bits per heavy atom. The largest absolute Gasteiger partial charge is 0.493 e. The predicted molar refractivity (Wildman–Crippen MR) is 77.8 cm³/mol. The summed E-state index contributed by atoms with van der Waals surface area (Å²) >= 11 is 6.32. The molecule has 3 N–H and O–H groups in total. The third kappa shape index (κ3) is 3.55. The Balaban J connectivity index is 3.38. The minimum atomic E-state index is -0.931. The van der Waals surface area contributed by atoms with Crippen molar-refractivity contribution < 1.29 is 19.4 Å². The van der Waals surface area contributed by atoms with Crippen LogP contribution in [0.25, 0.3) is 0 Å². The summed E-state index contributed by atoms with van der Waals surface area (Å²) in [6.45, 7) is 3.54. The van der Waals surface area contributed by atoms with Gasteiger partial charge in [-0.3, -0.25) is 4.79 Å². The van der Waals surface area contributed by atoms with Crippen molar-refractivity contribution in [3.8, 4) is 11.5 Å². The van der Waals surface area contributed by atoms with Gasteiger partial charge in [-0.25, -0.2) is 0 Å². The topological polar surface area (TPSA) is 81.8 Å². The summed E-state index contributed by atoms with van der Waals surface area (Å²) in [7, 11) is 2.99. The van der Waals surface area contributed by atoms with Gasteiger partial charge in [0.1, 0.15) is 0 Å². The Bertz CT molecular complexity index is 497. The predicted octanol–water partition coefficient (Wildman–Crippen LogP) is 2.65. The highest BCUT2D eigenvalue weighted by atomic mass is 35.5. The summed E-state index contributed by atoms with van der Waals surface area (Å²) in [6.07, 6.45) is -0.112. The molecule has 0 spiro atoms. The minimum Gasteiger partial charge on any atom is -0.493 e. The number of carboxylic acids is 1. The molecule has 112 valence electrons. The number of hydrogen-bond acceptors (Lipinski definition) is 4. The molecule has 1 atom stereocenters. The number of aliphatic carboxylic acids is 1. The first kappa shape index (κ1) is 16.6. The Kier molecular flexibility index (Phi) is 5.25. The van der Waals surface area contributed by atoms with Gasteiger partial charge >= 0.3 is 5.97 Å². The number of ether oxygens (including phenoxy) is 2. The van der Waals surface area contributed by atoms with Gasteiger partial charge in [-0.05, 0) is 25.5 Å². The molecule has 1 aromatic carbocycles. The van der Waals surface area contributed by atoms with E-state index in [0.717, 1.165) is 0 Å². The van der Waals surface area contributed by atoms with Crippen LogP contribution in [-0.2, 0) is 4.79 Å². The molecular formula is C14H20ClNO4. The first-order valence-electron chi connectivity index (χ1n) is 6.13. The fraction of sp³-hybridized carbons (Fsp3) is 0.500. The second-order valence-electron chi connectivity index (χ2n) is 5.18. The molecule has 5 nitrogen and oxygen atoms in total. The summed E-state index contributed by atoms with van der Waals surface area (Å²) < 4.78 is 10.4. The average molecular weight is 302 g/mol. The van der Waals surface area contributed by atoms with E-state index < -0.39 is 17.4 Å². The van der Waals surface area contributed by atoms with Crippen LogP contribution in [0.15, 0.2) is 12.1 Å². The van der Waals surface area contributed by atoms with Gasteiger partial charge in [-0.1, -0.05) is 17.7 Å². The molecule has 1 unspecified atom stereocenters. The maximum Gasteiger partial charge on any atom is 0.304 e. The van der Waals surface area contributed by atoms with E-state index in [4.69, 9.17) is 31.9 Å². The summed E-state index contributed by atoms with van der Waals surface area (Å²) in [5.41, 5.74) is 6.00. The number of nitrogens with two attached hydrogens (primary N) is 1. The quantitative estimate of drug-likeness (QED) is 0.844. The SMILES string of the molecule is COc1ccc(C(CC(=O)O)C(C)(C)N)c(Cl)c1OC. The molecule has 0 bridgehead atoms. The van der Waals surface area contributed by atoms with E-state index in [2.05, 4.69) is 0 Å². The van der Waals surface area contributed by atoms with Crippen LogP contribution in [0.5, 0.6) is 11.5 Å². The summed E-state index contributed by atoms with van der Waals surface area (Å²) in [5.74, 6) is -0.497. The van der Waals surface area contributed by atoms with Crippen molar-refractivity contribution in [3.05, 3.63) is 22.7 Å². The molecule has 6 heteroatoms. The van der Waals surface area contributed by atoms with Crippen molar-refractivity contribution in [2.45, 2.75) is 31.7 Å². The van der Waals surface area contributed by atoms with Crippen LogP contribution in [0.1, 0.15) is 31.7 Å². The number of carbonyl (C=O) groups is 1. The van der Waals surface area contributed by atoms with Gasteiger partial charge in [0.05, 0.1) is 25.7 Å². The van der Waals surface area contributed by atoms with Crippen molar-refractivity contribution in [1.82, 2.24) is 0 Å². The molecule has 0 saturated carbocycles. The van der Waals surface area contributed by atoms with Crippen molar-refractivity contribution in [3.63, 3.8) is 0 Å². The van der Waals surface area contributed by atoms with Gasteiger partial charge in [0.2, 0.25) is 0 Å². The van der Waals surface area contributed by atoms with Gasteiger partial charge in [-0.2, -0.15) is 0 Å². The van der Waals surface area contributed by atoms with E-state index in [1.165, 1.54) is 14.2 Å². The maximum absolute atomic E-state index is 11.1. The lowest BCUT2D eigenvalue weighted by atomic mass is 9.80. The number of halogens is 1. The van der Waals surface area contributed by atoms with Gasteiger partial charge in [0, 0.05) is 11.5 Å². The Hall–Kier alpha value is -1.46. The van der Waals surface area contributed by atoms with Crippen LogP contribution >= 0.6 is 11.6 Å². The van der Waals surface area contributed by atoms with Crippen molar-refractivity contribution in [2.75, 3.05) is 14.2 Å². The Morgan fingerprint density at radius 1 is 1.40 bits per heavy atom. The zero-order chi connectivity index (χ0) is 15.5. The van der Waals surface area contributed by atoms with Crippen LogP contribution in [-0.4, -0.2) is 30.8 Å². The summed E-state index contributed by atoms with van der Waals surface area (Å²) in [6, 6.07) is 3.42. The highest BCUT2D eigenvalue weighted by molar-refractivity contribution is 6.33. The number of hydrogen-bond donors (Lipinski definition) is 2. The monoisotopic (exact) mass is 301 g/mol. The fourth-order valence-corrected chi connectivity index (χ4v) is 2.49. The van der Waals surface area contributed by atoms with E-state index in [1.54, 1.807) is 26.0 Å². The first-order chi connectivity index (χ1) is 9.22. The lowest BCUT2D eigenvalue weighted by Gasteiger charge is -2.31. The molecule has 0 amide bonds. The lowest BCUT2D eigenvalue weighted by molar-refractivity contribution is -0.137. The molecule has 1 aromatic rings. The zero-order valence-corrected chi connectivity index (χ0v) is 12.8. The molecule has 0 fully saturated rings. The first-order valence-corrected chi connectivity index (χ1v) is 6.51. The van der Waals surface area contributed by atoms with Crippen LogP contribution < -0.4 is 15.2 Å². The van der Waals surface area contributed by atoms with Gasteiger partial charge in [0.15, 0.2) is 11.5 Å². The van der Waals surface area contributed by atoms with E-state index in [9.17, 15) is 4.79 Å². The fourth-order valence-electron chi connectivity index (χ4n) is 2.12. The van der Waals surface area contributed by atoms with Crippen molar-refractivity contribution >= 4 is 17.6 Å². The molecule has 0 aromatic heterocycles. The zero-order valence-electron chi connectivity index (χ0n) is 12.1. The van der Waals surface area contributed by atoms with Crippen LogP contribution in [0.2, 0.25) is 5.02 Å². The number of benzene rings is 1. The van der Waals surface area contributed by atoms with Crippen molar-refractivity contribution in [2.24, 2.45) is 5.73 Å². The highest BCUT2D eigenvalue weighted by Gasteiger charge is 2.32.